The van der Waals surface area contributed by atoms with Crippen LogP contribution in [0.25, 0.3) is 11.1 Å². The molecule has 1 amide bonds. The Kier molecular flexibility index (Phi) is 5.43. The van der Waals surface area contributed by atoms with Gasteiger partial charge in [-0.05, 0) is 40.5 Å². The van der Waals surface area contributed by atoms with Crippen molar-refractivity contribution in [3.63, 3.8) is 0 Å². The lowest BCUT2D eigenvalue weighted by molar-refractivity contribution is -0.141. The molecule has 1 heterocycles. The molecule has 2 fully saturated rings. The van der Waals surface area contributed by atoms with E-state index in [1.807, 2.05) is 24.3 Å². The highest BCUT2D eigenvalue weighted by Gasteiger charge is 2.43. The molecule has 2 aromatic carbocycles. The molecular weight excluding hydrogens is 390 g/mol. The Labute approximate surface area is 183 Å². The van der Waals surface area contributed by atoms with Crippen LogP contribution in [0, 0.1) is 11.8 Å². The van der Waals surface area contributed by atoms with Gasteiger partial charge in [-0.1, -0.05) is 80.6 Å². The molecule has 0 radical (unpaired) electrons. The fourth-order valence-electron chi connectivity index (χ4n) is 5.93. The van der Waals surface area contributed by atoms with Gasteiger partial charge in [-0.25, -0.2) is 9.59 Å². The molecule has 31 heavy (non-hydrogen) atoms. The molecule has 0 aromatic heterocycles. The average molecular weight is 420 g/mol. The van der Waals surface area contributed by atoms with Crippen molar-refractivity contribution in [3.05, 3.63) is 59.7 Å². The lowest BCUT2D eigenvalue weighted by Crippen LogP contribution is -2.41. The van der Waals surface area contributed by atoms with Crippen LogP contribution in [0.3, 0.4) is 0 Å². The molecule has 1 aliphatic heterocycles. The van der Waals surface area contributed by atoms with E-state index in [2.05, 4.69) is 24.3 Å². The molecular formula is C26H29NO4. The van der Waals surface area contributed by atoms with E-state index in [0.29, 0.717) is 18.9 Å². The maximum Gasteiger partial charge on any atom is 0.410 e. The monoisotopic (exact) mass is 419 g/mol. The van der Waals surface area contributed by atoms with Crippen LogP contribution >= 0.6 is 0 Å². The maximum absolute atomic E-state index is 13.0. The van der Waals surface area contributed by atoms with Crippen molar-refractivity contribution in [1.29, 1.82) is 0 Å². The summed E-state index contributed by atoms with van der Waals surface area (Å²) in [6, 6.07) is 15.7. The Balaban J connectivity index is 1.30. The first-order valence-corrected chi connectivity index (χ1v) is 11.5. The smallest absolute Gasteiger partial charge is 0.410 e. The highest BCUT2D eigenvalue weighted by molar-refractivity contribution is 5.81. The molecule has 0 bridgehead atoms. The van der Waals surface area contributed by atoms with Crippen LogP contribution in [0.5, 0.6) is 0 Å². The predicted octanol–water partition coefficient (Wildman–Crippen LogP) is 5.29. The normalized spacial score (nSPS) is 23.4. The van der Waals surface area contributed by atoms with Crippen LogP contribution in [0.2, 0.25) is 0 Å². The van der Waals surface area contributed by atoms with Gasteiger partial charge in [-0.2, -0.15) is 0 Å². The quantitative estimate of drug-likeness (QED) is 0.731. The van der Waals surface area contributed by atoms with Crippen molar-refractivity contribution in [2.24, 2.45) is 11.8 Å². The first-order valence-electron chi connectivity index (χ1n) is 11.5. The Morgan fingerprint density at radius 3 is 2.13 bits per heavy atom. The first kappa shape index (κ1) is 20.1. The summed E-state index contributed by atoms with van der Waals surface area (Å²) in [5.74, 6) is -0.146. The molecule has 3 aliphatic rings. The number of likely N-dealkylation sites (tertiary alicyclic amines) is 1. The third-order valence-corrected chi connectivity index (χ3v) is 7.51. The minimum atomic E-state index is -0.924. The van der Waals surface area contributed by atoms with E-state index in [4.69, 9.17) is 4.74 Å². The highest BCUT2D eigenvalue weighted by atomic mass is 16.6. The van der Waals surface area contributed by atoms with Gasteiger partial charge in [0.2, 0.25) is 0 Å². The summed E-state index contributed by atoms with van der Waals surface area (Å²) in [5, 5.41) is 9.74. The molecule has 0 spiro atoms. The minimum Gasteiger partial charge on any atom is -0.480 e. The SMILES string of the molecule is O=C(O)C1CC(C2CCCCC2)CN1C(=O)OCC1c2ccccc2-c2ccccc21. The second-order valence-electron chi connectivity index (χ2n) is 9.20. The summed E-state index contributed by atoms with van der Waals surface area (Å²) >= 11 is 0. The number of aliphatic carboxylic acids is 1. The van der Waals surface area contributed by atoms with Gasteiger partial charge in [0.15, 0.2) is 0 Å². The van der Waals surface area contributed by atoms with E-state index in [1.54, 1.807) is 0 Å². The average Bonchev–Trinajstić information content (AvgIpc) is 3.39. The molecule has 2 atom stereocenters. The molecule has 2 aliphatic carbocycles. The number of carboxylic acid groups (broad SMARTS) is 1. The Morgan fingerprint density at radius 1 is 0.903 bits per heavy atom. The van der Waals surface area contributed by atoms with Crippen molar-refractivity contribution in [2.75, 3.05) is 13.2 Å². The van der Waals surface area contributed by atoms with Crippen molar-refractivity contribution in [3.8, 4) is 11.1 Å². The zero-order chi connectivity index (χ0) is 21.4. The molecule has 1 saturated heterocycles. The fourth-order valence-corrected chi connectivity index (χ4v) is 5.93. The number of carboxylic acids is 1. The predicted molar refractivity (Wildman–Crippen MR) is 118 cm³/mol. The summed E-state index contributed by atoms with van der Waals surface area (Å²) in [6.07, 6.45) is 6.04. The maximum atomic E-state index is 13.0. The zero-order valence-corrected chi connectivity index (χ0v) is 17.7. The largest absolute Gasteiger partial charge is 0.480 e. The standard InChI is InChI=1S/C26H29NO4/c28-25(29)24-14-18(17-8-2-1-3-9-17)15-27(24)26(30)31-16-23-21-12-6-4-10-19(21)20-11-5-7-13-22(20)23/h4-7,10-13,17-18,23-24H,1-3,8-9,14-16H2,(H,28,29). The number of benzene rings is 2. The molecule has 5 rings (SSSR count). The van der Waals surface area contributed by atoms with E-state index < -0.39 is 18.1 Å². The summed E-state index contributed by atoms with van der Waals surface area (Å²) in [7, 11) is 0. The van der Waals surface area contributed by atoms with E-state index in [1.165, 1.54) is 35.3 Å². The number of hydrogen-bond donors (Lipinski definition) is 1. The van der Waals surface area contributed by atoms with Gasteiger partial charge in [0.05, 0.1) is 0 Å². The van der Waals surface area contributed by atoms with E-state index in [-0.39, 0.29) is 18.4 Å². The van der Waals surface area contributed by atoms with Crippen LogP contribution in [0.4, 0.5) is 4.79 Å². The van der Waals surface area contributed by atoms with Crippen LogP contribution in [-0.4, -0.2) is 41.3 Å². The number of hydrogen-bond acceptors (Lipinski definition) is 3. The third-order valence-electron chi connectivity index (χ3n) is 7.51. The number of rotatable bonds is 4. The number of fused-ring (bicyclic) bond motifs is 3. The summed E-state index contributed by atoms with van der Waals surface area (Å²) < 4.78 is 5.76. The lowest BCUT2D eigenvalue weighted by Gasteiger charge is -2.27. The molecule has 1 N–H and O–H groups in total. The summed E-state index contributed by atoms with van der Waals surface area (Å²) in [6.45, 7) is 0.724. The van der Waals surface area contributed by atoms with Crippen molar-refractivity contribution in [1.82, 2.24) is 4.90 Å². The molecule has 5 heteroatoms. The van der Waals surface area contributed by atoms with Gasteiger partial charge in [0, 0.05) is 12.5 Å². The van der Waals surface area contributed by atoms with Crippen LogP contribution in [0.1, 0.15) is 55.6 Å². The number of carbonyl (C=O) groups is 2. The van der Waals surface area contributed by atoms with Crippen molar-refractivity contribution >= 4 is 12.1 Å². The van der Waals surface area contributed by atoms with Gasteiger partial charge in [0.1, 0.15) is 12.6 Å². The molecule has 1 saturated carbocycles. The fraction of sp³-hybridized carbons (Fsp3) is 0.462. The second-order valence-corrected chi connectivity index (χ2v) is 9.20. The number of carbonyl (C=O) groups excluding carboxylic acids is 1. The van der Waals surface area contributed by atoms with Gasteiger partial charge >= 0.3 is 12.1 Å². The zero-order valence-electron chi connectivity index (χ0n) is 17.7. The minimum absolute atomic E-state index is 0.0172. The second kappa shape index (κ2) is 8.37. The summed E-state index contributed by atoms with van der Waals surface area (Å²) in [4.78, 5) is 26.4. The van der Waals surface area contributed by atoms with Crippen LogP contribution in [0.15, 0.2) is 48.5 Å². The lowest BCUT2D eigenvalue weighted by atomic mass is 9.79. The highest BCUT2D eigenvalue weighted by Crippen LogP contribution is 2.45. The molecule has 162 valence electrons. The summed E-state index contributed by atoms with van der Waals surface area (Å²) in [5.41, 5.74) is 4.68. The van der Waals surface area contributed by atoms with E-state index >= 15 is 0 Å². The Bertz CT molecular complexity index is 935. The van der Waals surface area contributed by atoms with E-state index in [9.17, 15) is 14.7 Å². The van der Waals surface area contributed by atoms with Gasteiger partial charge in [-0.15, -0.1) is 0 Å². The van der Waals surface area contributed by atoms with Crippen LogP contribution in [-0.2, 0) is 9.53 Å². The van der Waals surface area contributed by atoms with Gasteiger partial charge in [-0.3, -0.25) is 4.90 Å². The van der Waals surface area contributed by atoms with Crippen LogP contribution < -0.4 is 0 Å². The first-order chi connectivity index (χ1) is 15.1. The molecule has 5 nitrogen and oxygen atoms in total. The van der Waals surface area contributed by atoms with Gasteiger partial charge in [0.25, 0.3) is 0 Å². The molecule has 2 unspecified atom stereocenters. The van der Waals surface area contributed by atoms with Gasteiger partial charge < -0.3 is 9.84 Å². The van der Waals surface area contributed by atoms with Crippen molar-refractivity contribution in [2.45, 2.75) is 50.5 Å². The Hall–Kier alpha value is -2.82. The van der Waals surface area contributed by atoms with E-state index in [0.717, 1.165) is 24.0 Å². The number of amides is 1. The molecule has 2 aromatic rings. The third kappa shape index (κ3) is 3.71. The van der Waals surface area contributed by atoms with Crippen molar-refractivity contribution < 1.29 is 19.4 Å². The number of ether oxygens (including phenoxy) is 1. The topological polar surface area (TPSA) is 66.8 Å². The number of nitrogens with zero attached hydrogens (tertiary/aromatic N) is 1. The Morgan fingerprint density at radius 2 is 1.52 bits per heavy atom.